The molecule has 1 unspecified atom stereocenters. The molecule has 7 heteroatoms. The number of morpholine rings is 1. The third kappa shape index (κ3) is 2.26. The van der Waals surface area contributed by atoms with Crippen LogP contribution in [0.15, 0.2) is 23.4 Å². The van der Waals surface area contributed by atoms with Crippen LogP contribution in [0.4, 0.5) is 5.69 Å². The van der Waals surface area contributed by atoms with Gasteiger partial charge < -0.3 is 10.5 Å². The molecular formula is C10H15N3O3S. The number of rotatable bonds is 2. The van der Waals surface area contributed by atoms with E-state index in [-0.39, 0.29) is 16.6 Å². The maximum atomic E-state index is 12.4. The molecule has 6 nitrogen and oxygen atoms in total. The van der Waals surface area contributed by atoms with Crippen molar-refractivity contribution in [3.8, 4) is 0 Å². The normalized spacial score (nSPS) is 22.5. The predicted octanol–water partition coefficient (Wildman–Crippen LogP) is 0.0732. The third-order valence-corrected chi connectivity index (χ3v) is 4.77. The summed E-state index contributed by atoms with van der Waals surface area (Å²) in [7, 11) is -3.58. The molecule has 1 aliphatic heterocycles. The first-order chi connectivity index (χ1) is 8.03. The lowest BCUT2D eigenvalue weighted by Crippen LogP contribution is -2.47. The highest BCUT2D eigenvalue weighted by Crippen LogP contribution is 2.23. The Hall–Kier alpha value is -1.18. The average Bonchev–Trinajstić information content (AvgIpc) is 2.29. The Labute approximate surface area is 100 Å². The summed E-state index contributed by atoms with van der Waals surface area (Å²) in [4.78, 5) is 3.88. The van der Waals surface area contributed by atoms with E-state index in [4.69, 9.17) is 10.5 Å². The predicted molar refractivity (Wildman–Crippen MR) is 62.8 cm³/mol. The van der Waals surface area contributed by atoms with Crippen molar-refractivity contribution < 1.29 is 13.2 Å². The molecule has 17 heavy (non-hydrogen) atoms. The second kappa shape index (κ2) is 4.59. The second-order valence-electron chi connectivity index (χ2n) is 3.95. The Morgan fingerprint density at radius 1 is 1.59 bits per heavy atom. The average molecular weight is 257 g/mol. The van der Waals surface area contributed by atoms with Crippen LogP contribution >= 0.6 is 0 Å². The maximum absolute atomic E-state index is 12.4. The Morgan fingerprint density at radius 3 is 3.00 bits per heavy atom. The summed E-state index contributed by atoms with van der Waals surface area (Å²) < 4.78 is 31.4. The van der Waals surface area contributed by atoms with Gasteiger partial charge in [0, 0.05) is 25.0 Å². The fourth-order valence-electron chi connectivity index (χ4n) is 1.80. The van der Waals surface area contributed by atoms with Crippen molar-refractivity contribution in [1.82, 2.24) is 9.29 Å². The molecule has 2 heterocycles. The summed E-state index contributed by atoms with van der Waals surface area (Å²) in [6.45, 7) is 2.96. The molecule has 0 aromatic carbocycles. The van der Waals surface area contributed by atoms with Gasteiger partial charge in [0.15, 0.2) is 0 Å². The van der Waals surface area contributed by atoms with Crippen LogP contribution in [0.25, 0.3) is 0 Å². The third-order valence-electron chi connectivity index (χ3n) is 2.71. The number of pyridine rings is 1. The van der Waals surface area contributed by atoms with Crippen LogP contribution in [0.5, 0.6) is 0 Å². The first-order valence-electron chi connectivity index (χ1n) is 5.32. The molecule has 94 valence electrons. The molecule has 1 atom stereocenters. The van der Waals surface area contributed by atoms with Crippen LogP contribution in [-0.4, -0.2) is 43.5 Å². The fraction of sp³-hybridized carbons (Fsp3) is 0.500. The number of anilines is 1. The van der Waals surface area contributed by atoms with E-state index in [0.29, 0.717) is 19.8 Å². The van der Waals surface area contributed by atoms with Gasteiger partial charge in [-0.1, -0.05) is 0 Å². The molecule has 0 amide bonds. The number of hydrogen-bond donors (Lipinski definition) is 1. The number of hydrogen-bond acceptors (Lipinski definition) is 5. The molecule has 0 bridgehead atoms. The Bertz CT molecular complexity index is 503. The van der Waals surface area contributed by atoms with Gasteiger partial charge in [-0.05, 0) is 13.0 Å². The first kappa shape index (κ1) is 12.3. The van der Waals surface area contributed by atoms with Gasteiger partial charge in [0.2, 0.25) is 10.0 Å². The van der Waals surface area contributed by atoms with Crippen molar-refractivity contribution >= 4 is 15.7 Å². The van der Waals surface area contributed by atoms with E-state index < -0.39 is 10.0 Å². The summed E-state index contributed by atoms with van der Waals surface area (Å²) in [6, 6.07) is 1.30. The van der Waals surface area contributed by atoms with E-state index in [1.807, 2.05) is 6.92 Å². The molecule has 1 aliphatic rings. The van der Waals surface area contributed by atoms with E-state index in [0.717, 1.165) is 0 Å². The van der Waals surface area contributed by atoms with Crippen molar-refractivity contribution in [3.05, 3.63) is 18.5 Å². The Morgan fingerprint density at radius 2 is 2.35 bits per heavy atom. The molecular weight excluding hydrogens is 242 g/mol. The number of aromatic nitrogens is 1. The minimum atomic E-state index is -3.58. The lowest BCUT2D eigenvalue weighted by Gasteiger charge is -2.32. The summed E-state index contributed by atoms with van der Waals surface area (Å²) >= 11 is 0. The maximum Gasteiger partial charge on any atom is 0.247 e. The van der Waals surface area contributed by atoms with Crippen molar-refractivity contribution in [2.24, 2.45) is 0 Å². The number of sulfonamides is 1. The number of nitrogens with zero attached hydrogens (tertiary/aromatic N) is 2. The number of nitrogen functional groups attached to an aromatic ring is 1. The van der Waals surface area contributed by atoms with E-state index in [1.54, 1.807) is 0 Å². The molecule has 2 N–H and O–H groups in total. The van der Waals surface area contributed by atoms with Gasteiger partial charge in [-0.2, -0.15) is 4.31 Å². The Balaban J connectivity index is 2.39. The van der Waals surface area contributed by atoms with Crippen molar-refractivity contribution in [3.63, 3.8) is 0 Å². The highest BCUT2D eigenvalue weighted by atomic mass is 32.2. The van der Waals surface area contributed by atoms with Crippen LogP contribution in [-0.2, 0) is 14.8 Å². The van der Waals surface area contributed by atoms with Crippen LogP contribution in [0.3, 0.4) is 0 Å². The van der Waals surface area contributed by atoms with Crippen LogP contribution in [0.1, 0.15) is 6.92 Å². The molecule has 0 saturated carbocycles. The van der Waals surface area contributed by atoms with E-state index in [1.165, 1.54) is 22.8 Å². The smallest absolute Gasteiger partial charge is 0.247 e. The van der Waals surface area contributed by atoms with Gasteiger partial charge in [-0.15, -0.1) is 0 Å². The number of ether oxygens (including phenoxy) is 1. The molecule has 0 spiro atoms. The van der Waals surface area contributed by atoms with Gasteiger partial charge >= 0.3 is 0 Å². The van der Waals surface area contributed by atoms with Crippen molar-refractivity contribution in [1.29, 1.82) is 0 Å². The fourth-order valence-corrected chi connectivity index (χ4v) is 3.46. The van der Waals surface area contributed by atoms with Gasteiger partial charge in [0.25, 0.3) is 0 Å². The molecule has 0 aliphatic carbocycles. The summed E-state index contributed by atoms with van der Waals surface area (Å²) in [5.74, 6) is 0. The molecule has 1 fully saturated rings. The molecule has 0 radical (unpaired) electrons. The van der Waals surface area contributed by atoms with Crippen LogP contribution in [0.2, 0.25) is 0 Å². The quantitative estimate of drug-likeness (QED) is 0.810. The molecule has 1 saturated heterocycles. The van der Waals surface area contributed by atoms with E-state index in [2.05, 4.69) is 4.98 Å². The van der Waals surface area contributed by atoms with Crippen molar-refractivity contribution in [2.75, 3.05) is 25.5 Å². The van der Waals surface area contributed by atoms with E-state index in [9.17, 15) is 8.42 Å². The van der Waals surface area contributed by atoms with Gasteiger partial charge in [-0.3, -0.25) is 4.98 Å². The van der Waals surface area contributed by atoms with Crippen LogP contribution < -0.4 is 5.73 Å². The van der Waals surface area contributed by atoms with Gasteiger partial charge in [-0.25, -0.2) is 8.42 Å². The topological polar surface area (TPSA) is 85.5 Å². The summed E-state index contributed by atoms with van der Waals surface area (Å²) in [6.07, 6.45) is 2.75. The van der Waals surface area contributed by atoms with E-state index >= 15 is 0 Å². The van der Waals surface area contributed by atoms with Gasteiger partial charge in [0.1, 0.15) is 4.90 Å². The Kier molecular flexibility index (Phi) is 3.32. The summed E-state index contributed by atoms with van der Waals surface area (Å²) in [5, 5.41) is 0. The first-order valence-corrected chi connectivity index (χ1v) is 6.76. The summed E-state index contributed by atoms with van der Waals surface area (Å²) in [5.41, 5.74) is 5.90. The molecule has 2 rings (SSSR count). The zero-order valence-electron chi connectivity index (χ0n) is 9.54. The number of nitrogens with two attached hydrogens (primary N) is 1. The minimum absolute atomic E-state index is 0.0637. The lowest BCUT2D eigenvalue weighted by atomic mass is 10.3. The molecule has 1 aromatic rings. The minimum Gasteiger partial charge on any atom is -0.398 e. The lowest BCUT2D eigenvalue weighted by molar-refractivity contribution is 0.0393. The van der Waals surface area contributed by atoms with Gasteiger partial charge in [0.05, 0.1) is 18.9 Å². The highest BCUT2D eigenvalue weighted by molar-refractivity contribution is 7.89. The standard InChI is InChI=1S/C10H15N3O3S/c1-8-7-16-5-4-13(8)17(14,15)10-6-12-3-2-9(10)11/h2-3,6,8H,4-5,7H2,1H3,(H2,11,12). The molecule has 1 aromatic heterocycles. The zero-order valence-corrected chi connectivity index (χ0v) is 10.4. The highest BCUT2D eigenvalue weighted by Gasteiger charge is 2.32. The second-order valence-corrected chi connectivity index (χ2v) is 5.81. The van der Waals surface area contributed by atoms with Crippen molar-refractivity contribution in [2.45, 2.75) is 17.9 Å². The van der Waals surface area contributed by atoms with Crippen LogP contribution in [0, 0.1) is 0 Å². The monoisotopic (exact) mass is 257 g/mol. The largest absolute Gasteiger partial charge is 0.398 e. The zero-order chi connectivity index (χ0) is 12.5. The SMILES string of the molecule is CC1COCCN1S(=O)(=O)c1cnccc1N.